The molecule has 0 radical (unpaired) electrons. The van der Waals surface area contributed by atoms with E-state index in [1.807, 2.05) is 0 Å². The maximum Gasteiger partial charge on any atom is 0.323 e. The Morgan fingerprint density at radius 1 is 1.46 bits per heavy atom. The number of ether oxygens (including phenoxy) is 1. The van der Waals surface area contributed by atoms with Crippen LogP contribution in [0.1, 0.15) is 25.7 Å². The van der Waals surface area contributed by atoms with Gasteiger partial charge in [-0.15, -0.1) is 12.4 Å². The van der Waals surface area contributed by atoms with Crippen molar-refractivity contribution in [2.75, 3.05) is 13.7 Å². The molecule has 0 aromatic rings. The maximum atomic E-state index is 11.3. The molecule has 0 aromatic carbocycles. The van der Waals surface area contributed by atoms with Crippen molar-refractivity contribution in [1.29, 1.82) is 0 Å². The van der Waals surface area contributed by atoms with E-state index >= 15 is 0 Å². The van der Waals surface area contributed by atoms with Gasteiger partial charge < -0.3 is 10.1 Å². The lowest BCUT2D eigenvalue weighted by atomic mass is 9.72. The number of rotatable bonds is 1. The molecule has 2 rings (SSSR count). The van der Waals surface area contributed by atoms with Gasteiger partial charge in [-0.25, -0.2) is 0 Å². The molecule has 1 spiro atoms. The minimum atomic E-state index is -0.0804. The van der Waals surface area contributed by atoms with E-state index in [1.165, 1.54) is 32.8 Å². The van der Waals surface area contributed by atoms with Crippen molar-refractivity contribution < 1.29 is 9.53 Å². The number of methoxy groups -OCH3 is 1. The highest BCUT2D eigenvalue weighted by Crippen LogP contribution is 2.45. The van der Waals surface area contributed by atoms with Gasteiger partial charge in [-0.2, -0.15) is 0 Å². The van der Waals surface area contributed by atoms with E-state index in [9.17, 15) is 4.79 Å². The summed E-state index contributed by atoms with van der Waals surface area (Å²) in [6.45, 7) is 1.01. The highest BCUT2D eigenvalue weighted by Gasteiger charge is 2.52. The van der Waals surface area contributed by atoms with Crippen LogP contribution in [-0.2, 0) is 9.53 Å². The Hall–Kier alpha value is -0.280. The molecule has 4 heteroatoms. The second kappa shape index (κ2) is 3.84. The number of halogens is 1. The zero-order chi connectivity index (χ0) is 8.60. The van der Waals surface area contributed by atoms with Crippen LogP contribution >= 0.6 is 12.4 Å². The first-order valence-electron chi connectivity index (χ1n) is 4.60. The first-order chi connectivity index (χ1) is 5.78. The Kier molecular flexibility index (Phi) is 3.19. The minimum Gasteiger partial charge on any atom is -0.468 e. The summed E-state index contributed by atoms with van der Waals surface area (Å²) in [7, 11) is 1.46. The first-order valence-corrected chi connectivity index (χ1v) is 4.60. The van der Waals surface area contributed by atoms with Gasteiger partial charge in [0.25, 0.3) is 0 Å². The van der Waals surface area contributed by atoms with Gasteiger partial charge in [0, 0.05) is 12.0 Å². The third kappa shape index (κ3) is 1.55. The van der Waals surface area contributed by atoms with Crippen molar-refractivity contribution >= 4 is 18.4 Å². The van der Waals surface area contributed by atoms with Crippen LogP contribution in [0, 0.1) is 5.41 Å². The Bertz CT molecular complexity index is 202. The molecule has 2 aliphatic rings. The van der Waals surface area contributed by atoms with Crippen LogP contribution in [0.3, 0.4) is 0 Å². The number of esters is 1. The molecule has 1 aliphatic carbocycles. The Morgan fingerprint density at radius 3 is 2.46 bits per heavy atom. The van der Waals surface area contributed by atoms with Crippen LogP contribution in [0.15, 0.2) is 0 Å². The Morgan fingerprint density at radius 2 is 2.08 bits per heavy atom. The van der Waals surface area contributed by atoms with E-state index in [4.69, 9.17) is 4.74 Å². The fourth-order valence-corrected chi connectivity index (χ4v) is 2.49. The summed E-state index contributed by atoms with van der Waals surface area (Å²) in [6, 6.07) is -0.00926. The van der Waals surface area contributed by atoms with Crippen molar-refractivity contribution in [3.05, 3.63) is 0 Å². The van der Waals surface area contributed by atoms with E-state index in [0.29, 0.717) is 0 Å². The van der Waals surface area contributed by atoms with Gasteiger partial charge in [-0.05, 0) is 12.8 Å². The van der Waals surface area contributed by atoms with Gasteiger partial charge in [0.05, 0.1) is 7.11 Å². The standard InChI is InChI=1S/C9H15NO2.ClH/c1-12-8(11)7-9(6-10-7)4-2-3-5-9;/h7,10H,2-6H2,1H3;1H. The average molecular weight is 206 g/mol. The smallest absolute Gasteiger partial charge is 0.323 e. The molecule has 1 N–H and O–H groups in total. The number of nitrogens with one attached hydrogen (secondary N) is 1. The molecular weight excluding hydrogens is 190 g/mol. The fourth-order valence-electron chi connectivity index (χ4n) is 2.49. The van der Waals surface area contributed by atoms with Gasteiger partial charge in [-0.3, -0.25) is 4.79 Å². The number of hydrogen-bond donors (Lipinski definition) is 1. The van der Waals surface area contributed by atoms with E-state index in [-0.39, 0.29) is 29.8 Å². The van der Waals surface area contributed by atoms with Crippen LogP contribution in [0.25, 0.3) is 0 Å². The quantitative estimate of drug-likeness (QED) is 0.652. The third-order valence-electron chi connectivity index (χ3n) is 3.31. The largest absolute Gasteiger partial charge is 0.468 e. The molecule has 0 amide bonds. The molecule has 1 unspecified atom stereocenters. The third-order valence-corrected chi connectivity index (χ3v) is 3.31. The maximum absolute atomic E-state index is 11.3. The highest BCUT2D eigenvalue weighted by atomic mass is 35.5. The van der Waals surface area contributed by atoms with Crippen molar-refractivity contribution in [1.82, 2.24) is 5.32 Å². The SMILES string of the molecule is COC(=O)C1NCC12CCCC2.Cl. The second-order valence-electron chi connectivity index (χ2n) is 3.91. The lowest BCUT2D eigenvalue weighted by molar-refractivity contribution is -0.151. The highest BCUT2D eigenvalue weighted by molar-refractivity contribution is 5.85. The molecular formula is C9H16ClNO2. The van der Waals surface area contributed by atoms with Crippen molar-refractivity contribution in [3.63, 3.8) is 0 Å². The first kappa shape index (κ1) is 10.8. The van der Waals surface area contributed by atoms with E-state index in [1.54, 1.807) is 0 Å². The number of carbonyl (C=O) groups excluding carboxylic acids is 1. The second-order valence-corrected chi connectivity index (χ2v) is 3.91. The van der Waals surface area contributed by atoms with Crippen LogP contribution in [-0.4, -0.2) is 25.7 Å². The summed E-state index contributed by atoms with van der Waals surface area (Å²) >= 11 is 0. The van der Waals surface area contributed by atoms with Gasteiger partial charge >= 0.3 is 5.97 Å². The summed E-state index contributed by atoms with van der Waals surface area (Å²) in [5.41, 5.74) is 0.271. The summed E-state index contributed by atoms with van der Waals surface area (Å²) < 4.78 is 4.74. The molecule has 0 bridgehead atoms. The normalized spacial score (nSPS) is 29.2. The van der Waals surface area contributed by atoms with Gasteiger partial charge in [0.2, 0.25) is 0 Å². The van der Waals surface area contributed by atoms with E-state index in [0.717, 1.165) is 6.54 Å². The van der Waals surface area contributed by atoms with E-state index < -0.39 is 0 Å². The molecule has 1 heterocycles. The summed E-state index contributed by atoms with van der Waals surface area (Å²) in [4.78, 5) is 11.3. The van der Waals surface area contributed by atoms with Crippen LogP contribution < -0.4 is 5.32 Å². The molecule has 1 atom stereocenters. The van der Waals surface area contributed by atoms with Crippen molar-refractivity contribution in [2.24, 2.45) is 5.41 Å². The molecule has 1 saturated carbocycles. The molecule has 3 nitrogen and oxygen atoms in total. The average Bonchev–Trinajstić information content (AvgIpc) is 2.52. The minimum absolute atomic E-state index is 0. The molecule has 1 saturated heterocycles. The van der Waals surface area contributed by atoms with Crippen LogP contribution in [0.2, 0.25) is 0 Å². The van der Waals surface area contributed by atoms with Gasteiger partial charge in [-0.1, -0.05) is 12.8 Å². The van der Waals surface area contributed by atoms with Crippen molar-refractivity contribution in [3.8, 4) is 0 Å². The van der Waals surface area contributed by atoms with Gasteiger partial charge in [0.15, 0.2) is 0 Å². The fraction of sp³-hybridized carbons (Fsp3) is 0.889. The van der Waals surface area contributed by atoms with Crippen molar-refractivity contribution in [2.45, 2.75) is 31.7 Å². The lowest BCUT2D eigenvalue weighted by Crippen LogP contribution is -2.65. The summed E-state index contributed by atoms with van der Waals surface area (Å²) in [5.74, 6) is -0.0804. The molecule has 0 aromatic heterocycles. The monoisotopic (exact) mass is 205 g/mol. The van der Waals surface area contributed by atoms with Crippen LogP contribution in [0.5, 0.6) is 0 Å². The molecule has 1 aliphatic heterocycles. The molecule has 2 fully saturated rings. The summed E-state index contributed by atoms with van der Waals surface area (Å²) in [5, 5.41) is 3.15. The zero-order valence-electron chi connectivity index (χ0n) is 7.84. The summed E-state index contributed by atoms with van der Waals surface area (Å²) in [6.07, 6.45) is 4.93. The Balaban J connectivity index is 0.000000845. The molecule has 76 valence electrons. The van der Waals surface area contributed by atoms with Crippen LogP contribution in [0.4, 0.5) is 0 Å². The lowest BCUT2D eigenvalue weighted by Gasteiger charge is -2.46. The van der Waals surface area contributed by atoms with Gasteiger partial charge in [0.1, 0.15) is 6.04 Å². The zero-order valence-corrected chi connectivity index (χ0v) is 8.65. The number of hydrogen-bond acceptors (Lipinski definition) is 3. The predicted molar refractivity (Wildman–Crippen MR) is 52.0 cm³/mol. The van der Waals surface area contributed by atoms with E-state index in [2.05, 4.69) is 5.32 Å². The molecule has 13 heavy (non-hydrogen) atoms. The number of carbonyl (C=O) groups is 1. The topological polar surface area (TPSA) is 38.3 Å². The Labute approximate surface area is 84.6 Å². The predicted octanol–water partition coefficient (Wildman–Crippen LogP) is 1.11.